The highest BCUT2D eigenvalue weighted by atomic mass is 16.5. The highest BCUT2D eigenvalue weighted by Crippen LogP contribution is 2.31. The van der Waals surface area contributed by atoms with Crippen LogP contribution >= 0.6 is 0 Å². The first kappa shape index (κ1) is 14.9. The van der Waals surface area contributed by atoms with Gasteiger partial charge in [-0.2, -0.15) is 0 Å². The van der Waals surface area contributed by atoms with Crippen molar-refractivity contribution in [1.29, 1.82) is 0 Å². The Morgan fingerprint density at radius 3 is 2.91 bits per heavy atom. The lowest BCUT2D eigenvalue weighted by molar-refractivity contribution is -0.123. The van der Waals surface area contributed by atoms with E-state index in [1.807, 2.05) is 12.1 Å². The molecule has 0 bridgehead atoms. The van der Waals surface area contributed by atoms with Gasteiger partial charge in [0.15, 0.2) is 0 Å². The molecule has 1 aromatic carbocycles. The predicted molar refractivity (Wildman–Crippen MR) is 82.6 cm³/mol. The van der Waals surface area contributed by atoms with Crippen molar-refractivity contribution in [2.24, 2.45) is 0 Å². The van der Waals surface area contributed by atoms with Crippen LogP contribution in [0.3, 0.4) is 0 Å². The summed E-state index contributed by atoms with van der Waals surface area (Å²) in [6.45, 7) is 1.17. The van der Waals surface area contributed by atoms with E-state index >= 15 is 0 Å². The van der Waals surface area contributed by atoms with Gasteiger partial charge in [-0.25, -0.2) is 4.79 Å². The van der Waals surface area contributed by atoms with Gasteiger partial charge in [0, 0.05) is 19.1 Å². The molecule has 1 saturated heterocycles. The number of carbonyl (C=O) groups is 2. The average molecular weight is 302 g/mol. The van der Waals surface area contributed by atoms with E-state index in [1.165, 1.54) is 12.7 Å². The van der Waals surface area contributed by atoms with Crippen molar-refractivity contribution in [1.82, 2.24) is 10.2 Å². The molecule has 2 unspecified atom stereocenters. The lowest BCUT2D eigenvalue weighted by Crippen LogP contribution is -2.41. The molecule has 1 fully saturated rings. The molecule has 0 radical (unpaired) electrons. The minimum atomic E-state index is -0.320. The van der Waals surface area contributed by atoms with E-state index in [9.17, 15) is 9.59 Å². The third kappa shape index (κ3) is 2.93. The number of hydrogen-bond donors (Lipinski definition) is 1. The molecule has 2 amide bonds. The summed E-state index contributed by atoms with van der Waals surface area (Å²) in [7, 11) is 1.38. The van der Waals surface area contributed by atoms with Crippen molar-refractivity contribution in [3.63, 3.8) is 0 Å². The maximum absolute atomic E-state index is 12.6. The number of ether oxygens (including phenoxy) is 1. The lowest BCUT2D eigenvalue weighted by atomic mass is 9.82. The topological polar surface area (TPSA) is 58.6 Å². The highest BCUT2D eigenvalue weighted by molar-refractivity contribution is 5.84. The van der Waals surface area contributed by atoms with Gasteiger partial charge in [-0.3, -0.25) is 4.79 Å². The monoisotopic (exact) mass is 302 g/mol. The highest BCUT2D eigenvalue weighted by Gasteiger charge is 2.31. The van der Waals surface area contributed by atoms with Crippen LogP contribution in [0.4, 0.5) is 4.79 Å². The molecule has 1 heterocycles. The van der Waals surface area contributed by atoms with Crippen LogP contribution in [0, 0.1) is 0 Å². The first-order chi connectivity index (χ1) is 10.7. The Kier molecular flexibility index (Phi) is 4.32. The number of nitrogens with one attached hydrogen (secondary N) is 1. The minimum Gasteiger partial charge on any atom is -0.453 e. The number of likely N-dealkylation sites (tertiary alicyclic amines) is 1. The zero-order valence-electron chi connectivity index (χ0n) is 12.9. The molecule has 118 valence electrons. The molecule has 1 aromatic rings. The van der Waals surface area contributed by atoms with E-state index in [-0.39, 0.29) is 24.0 Å². The largest absolute Gasteiger partial charge is 0.453 e. The Morgan fingerprint density at radius 2 is 2.09 bits per heavy atom. The normalized spacial score (nSPS) is 23.8. The summed E-state index contributed by atoms with van der Waals surface area (Å²) in [5.74, 6) is 0.0287. The average Bonchev–Trinajstić information content (AvgIpc) is 3.02. The summed E-state index contributed by atoms with van der Waals surface area (Å²) in [5, 5.41) is 3.11. The number of amides is 2. The van der Waals surface area contributed by atoms with Gasteiger partial charge in [0.2, 0.25) is 5.91 Å². The molecule has 3 rings (SSSR count). The molecule has 2 aliphatic rings. The quantitative estimate of drug-likeness (QED) is 0.910. The third-order valence-electron chi connectivity index (χ3n) is 4.65. The molecule has 0 aromatic heterocycles. The number of nitrogens with zero attached hydrogens (tertiary/aromatic N) is 1. The smallest absolute Gasteiger partial charge is 0.409 e. The first-order valence-electron chi connectivity index (χ1n) is 7.90. The fraction of sp³-hybridized carbons (Fsp3) is 0.529. The van der Waals surface area contributed by atoms with Crippen LogP contribution in [0.15, 0.2) is 24.3 Å². The maximum atomic E-state index is 12.6. The maximum Gasteiger partial charge on any atom is 0.409 e. The van der Waals surface area contributed by atoms with Gasteiger partial charge >= 0.3 is 6.09 Å². The molecule has 2 atom stereocenters. The number of rotatable bonds is 2. The van der Waals surface area contributed by atoms with Crippen LogP contribution in [-0.2, 0) is 16.0 Å². The van der Waals surface area contributed by atoms with Gasteiger partial charge in [-0.1, -0.05) is 24.3 Å². The molecule has 1 aliphatic carbocycles. The summed E-state index contributed by atoms with van der Waals surface area (Å²) in [6.07, 6.45) is 3.47. The zero-order chi connectivity index (χ0) is 15.5. The van der Waals surface area contributed by atoms with Crippen molar-refractivity contribution in [3.8, 4) is 0 Å². The van der Waals surface area contributed by atoms with Crippen molar-refractivity contribution in [2.45, 2.75) is 37.6 Å². The van der Waals surface area contributed by atoms with Crippen LogP contribution < -0.4 is 5.32 Å². The Labute approximate surface area is 130 Å². The summed E-state index contributed by atoms with van der Waals surface area (Å²) >= 11 is 0. The molecule has 0 saturated carbocycles. The number of fused-ring (bicyclic) bond motifs is 1. The number of aryl methyl sites for hydroxylation is 1. The van der Waals surface area contributed by atoms with Gasteiger partial charge in [-0.05, 0) is 36.8 Å². The van der Waals surface area contributed by atoms with Gasteiger partial charge in [0.25, 0.3) is 0 Å². The van der Waals surface area contributed by atoms with Crippen LogP contribution in [0.2, 0.25) is 0 Å². The molecule has 5 heteroatoms. The standard InChI is InChI=1S/C17H22N2O3/c1-22-17(21)19-10-9-13(11-19)18-16(20)15-8-4-6-12-5-2-3-7-14(12)15/h2-3,5,7,13,15H,4,6,8-11H2,1H3,(H,18,20). The van der Waals surface area contributed by atoms with Crippen LogP contribution in [0.1, 0.15) is 36.3 Å². The summed E-state index contributed by atoms with van der Waals surface area (Å²) in [6, 6.07) is 8.24. The zero-order valence-corrected chi connectivity index (χ0v) is 12.9. The SMILES string of the molecule is COC(=O)N1CCC(NC(=O)C2CCCc3ccccc32)C1. The molecular formula is C17H22N2O3. The molecule has 1 aliphatic heterocycles. The van der Waals surface area contributed by atoms with Gasteiger partial charge < -0.3 is 15.0 Å². The Morgan fingerprint density at radius 1 is 1.27 bits per heavy atom. The number of carbonyl (C=O) groups excluding carboxylic acids is 2. The molecule has 22 heavy (non-hydrogen) atoms. The summed E-state index contributed by atoms with van der Waals surface area (Å²) in [5.41, 5.74) is 2.45. The van der Waals surface area contributed by atoms with E-state index in [2.05, 4.69) is 17.4 Å². The second-order valence-electron chi connectivity index (χ2n) is 6.05. The van der Waals surface area contributed by atoms with Crippen LogP contribution in [0.5, 0.6) is 0 Å². The lowest BCUT2D eigenvalue weighted by Gasteiger charge is -2.26. The number of hydrogen-bond acceptors (Lipinski definition) is 3. The number of benzene rings is 1. The molecule has 5 nitrogen and oxygen atoms in total. The molecule has 1 N–H and O–H groups in total. The van der Waals surface area contributed by atoms with Crippen molar-refractivity contribution >= 4 is 12.0 Å². The van der Waals surface area contributed by atoms with E-state index < -0.39 is 0 Å². The third-order valence-corrected chi connectivity index (χ3v) is 4.65. The fourth-order valence-electron chi connectivity index (χ4n) is 3.50. The molecule has 0 spiro atoms. The molecular weight excluding hydrogens is 280 g/mol. The van der Waals surface area contributed by atoms with Crippen LogP contribution in [-0.4, -0.2) is 43.1 Å². The predicted octanol–water partition coefficient (Wildman–Crippen LogP) is 2.06. The van der Waals surface area contributed by atoms with Crippen molar-refractivity contribution in [2.75, 3.05) is 20.2 Å². The van der Waals surface area contributed by atoms with Crippen molar-refractivity contribution in [3.05, 3.63) is 35.4 Å². The Hall–Kier alpha value is -2.04. The second-order valence-corrected chi connectivity index (χ2v) is 6.05. The fourth-order valence-corrected chi connectivity index (χ4v) is 3.50. The van der Waals surface area contributed by atoms with E-state index in [0.29, 0.717) is 13.1 Å². The Balaban J connectivity index is 1.63. The second kappa shape index (κ2) is 6.38. The van der Waals surface area contributed by atoms with Crippen LogP contribution in [0.25, 0.3) is 0 Å². The van der Waals surface area contributed by atoms with E-state index in [1.54, 1.807) is 4.90 Å². The Bertz CT molecular complexity index is 573. The van der Waals surface area contributed by atoms with E-state index in [4.69, 9.17) is 4.74 Å². The minimum absolute atomic E-state index is 0.0284. The van der Waals surface area contributed by atoms with Crippen molar-refractivity contribution < 1.29 is 14.3 Å². The first-order valence-corrected chi connectivity index (χ1v) is 7.90. The number of methoxy groups -OCH3 is 1. The van der Waals surface area contributed by atoms with Gasteiger partial charge in [-0.15, -0.1) is 0 Å². The van der Waals surface area contributed by atoms with Gasteiger partial charge in [0.05, 0.1) is 13.0 Å². The summed E-state index contributed by atoms with van der Waals surface area (Å²) in [4.78, 5) is 25.8. The summed E-state index contributed by atoms with van der Waals surface area (Å²) < 4.78 is 4.72. The van der Waals surface area contributed by atoms with E-state index in [0.717, 1.165) is 31.2 Å². The van der Waals surface area contributed by atoms with Gasteiger partial charge in [0.1, 0.15) is 0 Å².